The largest absolute Gasteiger partial charge is 0.298 e. The molecule has 5 nitrogen and oxygen atoms in total. The first-order chi connectivity index (χ1) is 10.7. The molecule has 0 saturated carbocycles. The molecule has 0 fully saturated rings. The van der Waals surface area contributed by atoms with E-state index in [1.54, 1.807) is 30.0 Å². The van der Waals surface area contributed by atoms with Gasteiger partial charge < -0.3 is 0 Å². The van der Waals surface area contributed by atoms with Crippen LogP contribution < -0.4 is 0 Å². The maximum atomic E-state index is 12.6. The number of nitrogens with zero attached hydrogens (tertiary/aromatic N) is 2. The second-order valence-corrected chi connectivity index (χ2v) is 9.66. The van der Waals surface area contributed by atoms with E-state index in [1.165, 1.54) is 13.8 Å². The maximum Gasteiger partial charge on any atom is 0.162 e. The molecule has 0 unspecified atom stereocenters. The molecule has 0 saturated heterocycles. The highest BCUT2D eigenvalue weighted by Crippen LogP contribution is 2.26. The molecule has 0 atom stereocenters. The van der Waals surface area contributed by atoms with Gasteiger partial charge in [0.1, 0.15) is 10.4 Å². The highest BCUT2D eigenvalue weighted by atomic mass is 32.2. The molecule has 2 aromatic heterocycles. The van der Waals surface area contributed by atoms with Crippen molar-refractivity contribution in [1.82, 2.24) is 9.78 Å². The van der Waals surface area contributed by atoms with E-state index >= 15 is 0 Å². The zero-order valence-electron chi connectivity index (χ0n) is 13.9. The minimum atomic E-state index is -3.46. The normalized spacial score (nSPS) is 12.5. The molecule has 0 aliphatic heterocycles. The van der Waals surface area contributed by atoms with Gasteiger partial charge in [-0.1, -0.05) is 13.0 Å². The van der Waals surface area contributed by atoms with Gasteiger partial charge in [0, 0.05) is 12.7 Å². The van der Waals surface area contributed by atoms with E-state index < -0.39 is 14.6 Å². The van der Waals surface area contributed by atoms with Crippen molar-refractivity contribution >= 4 is 27.0 Å². The summed E-state index contributed by atoms with van der Waals surface area (Å²) >= 11 is 1.58. The number of aromatic nitrogens is 2. The lowest BCUT2D eigenvalue weighted by atomic mass is 10.0. The quantitative estimate of drug-likeness (QED) is 0.767. The Morgan fingerprint density at radius 3 is 2.65 bits per heavy atom. The lowest BCUT2D eigenvalue weighted by molar-refractivity contribution is -0.120. The number of Topliss-reactive ketones (excluding diaryl/α,β-unsaturated/α-hetero) is 1. The summed E-state index contributed by atoms with van der Waals surface area (Å²) < 4.78 is 24.9. The van der Waals surface area contributed by atoms with E-state index in [1.807, 2.05) is 23.6 Å². The van der Waals surface area contributed by atoms with Crippen molar-refractivity contribution < 1.29 is 13.2 Å². The smallest absolute Gasteiger partial charge is 0.162 e. The van der Waals surface area contributed by atoms with Crippen molar-refractivity contribution in [2.45, 2.75) is 38.4 Å². The molecule has 0 spiro atoms. The molecule has 0 N–H and O–H groups in total. The summed E-state index contributed by atoms with van der Waals surface area (Å²) in [7, 11) is -1.68. The number of hydrogen-bond donors (Lipinski definition) is 0. The van der Waals surface area contributed by atoms with Gasteiger partial charge in [-0.05, 0) is 37.8 Å². The van der Waals surface area contributed by atoms with Gasteiger partial charge in [-0.25, -0.2) is 8.42 Å². The SMILES string of the molecule is CCCS(=O)(=O)C(C)(C)C(=O)Cc1cc(-c2cccs2)nn1C. The zero-order valence-corrected chi connectivity index (χ0v) is 15.5. The van der Waals surface area contributed by atoms with Crippen LogP contribution in [0.3, 0.4) is 0 Å². The molecule has 0 bridgehead atoms. The van der Waals surface area contributed by atoms with Crippen LogP contribution in [0.2, 0.25) is 0 Å². The number of carbonyl (C=O) groups is 1. The first-order valence-electron chi connectivity index (χ1n) is 7.51. The summed E-state index contributed by atoms with van der Waals surface area (Å²) in [5.74, 6) is -0.274. The molecule has 2 heterocycles. The predicted molar refractivity (Wildman–Crippen MR) is 93.4 cm³/mol. The molecule has 2 aromatic rings. The molecule has 0 radical (unpaired) electrons. The highest BCUT2D eigenvalue weighted by Gasteiger charge is 2.40. The molecule has 7 heteroatoms. The van der Waals surface area contributed by atoms with Crippen molar-refractivity contribution in [2.75, 3.05) is 5.75 Å². The second kappa shape index (κ2) is 6.57. The molecule has 0 aromatic carbocycles. The predicted octanol–water partition coefficient (Wildman–Crippen LogP) is 2.86. The standard InChI is InChI=1S/C16H22N2O3S2/c1-5-9-23(20,21)16(2,3)15(19)11-12-10-13(17-18(12)4)14-7-6-8-22-14/h6-8,10H,5,9,11H2,1-4H3. The Balaban J connectivity index is 2.24. The third-order valence-corrected chi connectivity index (χ3v) is 7.63. The minimum Gasteiger partial charge on any atom is -0.298 e. The summed E-state index contributed by atoms with van der Waals surface area (Å²) in [6.07, 6.45) is 0.568. The van der Waals surface area contributed by atoms with Gasteiger partial charge in [0.25, 0.3) is 0 Å². The van der Waals surface area contributed by atoms with Crippen molar-refractivity contribution in [3.8, 4) is 10.6 Å². The first-order valence-corrected chi connectivity index (χ1v) is 10.0. The topological polar surface area (TPSA) is 69.0 Å². The van der Waals surface area contributed by atoms with Crippen molar-refractivity contribution in [2.24, 2.45) is 7.05 Å². The van der Waals surface area contributed by atoms with E-state index in [-0.39, 0.29) is 18.0 Å². The molecule has 126 valence electrons. The fraction of sp³-hybridized carbons (Fsp3) is 0.500. The lowest BCUT2D eigenvalue weighted by Crippen LogP contribution is -2.43. The van der Waals surface area contributed by atoms with Crippen LogP contribution in [-0.4, -0.2) is 34.5 Å². The van der Waals surface area contributed by atoms with Crippen LogP contribution in [0.4, 0.5) is 0 Å². The average molecular weight is 354 g/mol. The van der Waals surface area contributed by atoms with E-state index in [9.17, 15) is 13.2 Å². The molecular formula is C16H22N2O3S2. The van der Waals surface area contributed by atoms with Crippen molar-refractivity contribution in [3.05, 3.63) is 29.3 Å². The van der Waals surface area contributed by atoms with Crippen LogP contribution in [0.25, 0.3) is 10.6 Å². The van der Waals surface area contributed by atoms with Crippen LogP contribution in [-0.2, 0) is 28.1 Å². The van der Waals surface area contributed by atoms with E-state index in [0.717, 1.165) is 16.3 Å². The Morgan fingerprint density at radius 2 is 2.09 bits per heavy atom. The number of ketones is 1. The Kier molecular flexibility index (Phi) is 5.10. The van der Waals surface area contributed by atoms with Gasteiger partial charge in [0.2, 0.25) is 0 Å². The molecule has 2 rings (SSSR count). The fourth-order valence-corrected chi connectivity index (χ4v) is 4.44. The van der Waals surface area contributed by atoms with E-state index in [4.69, 9.17) is 0 Å². The summed E-state index contributed by atoms with van der Waals surface area (Å²) in [6.45, 7) is 4.79. The molecule has 0 aliphatic rings. The van der Waals surface area contributed by atoms with Crippen molar-refractivity contribution in [1.29, 1.82) is 0 Å². The monoisotopic (exact) mass is 354 g/mol. The lowest BCUT2D eigenvalue weighted by Gasteiger charge is -2.23. The summed E-state index contributed by atoms with van der Waals surface area (Å²) in [4.78, 5) is 13.6. The van der Waals surface area contributed by atoms with Crippen molar-refractivity contribution in [3.63, 3.8) is 0 Å². The Morgan fingerprint density at radius 1 is 1.39 bits per heavy atom. The minimum absolute atomic E-state index is 0.0254. The van der Waals surface area contributed by atoms with Crippen LogP contribution in [0.1, 0.15) is 32.9 Å². The number of sulfone groups is 1. The number of aryl methyl sites for hydroxylation is 1. The molecule has 23 heavy (non-hydrogen) atoms. The van der Waals surface area contributed by atoms with Crippen LogP contribution in [0, 0.1) is 0 Å². The fourth-order valence-electron chi connectivity index (χ4n) is 2.29. The number of thiophene rings is 1. The van der Waals surface area contributed by atoms with E-state index in [2.05, 4.69) is 5.10 Å². The third-order valence-electron chi connectivity index (χ3n) is 4.01. The first kappa shape index (κ1) is 17.9. The second-order valence-electron chi connectivity index (χ2n) is 6.05. The molecule has 0 aliphatic carbocycles. The summed E-state index contributed by atoms with van der Waals surface area (Å²) in [5.41, 5.74) is 1.53. The third kappa shape index (κ3) is 3.55. The Bertz CT molecular complexity index is 787. The molecule has 0 amide bonds. The highest BCUT2D eigenvalue weighted by molar-refractivity contribution is 7.93. The van der Waals surface area contributed by atoms with Gasteiger partial charge >= 0.3 is 0 Å². The van der Waals surface area contributed by atoms with Gasteiger partial charge in [-0.2, -0.15) is 5.10 Å². The number of carbonyl (C=O) groups excluding carboxylic acids is 1. The zero-order chi connectivity index (χ0) is 17.3. The summed E-state index contributed by atoms with van der Waals surface area (Å²) in [6, 6.07) is 5.76. The van der Waals surface area contributed by atoms with Crippen LogP contribution in [0.5, 0.6) is 0 Å². The maximum absolute atomic E-state index is 12.6. The van der Waals surface area contributed by atoms with Gasteiger partial charge in [-0.15, -0.1) is 11.3 Å². The van der Waals surface area contributed by atoms with Gasteiger partial charge in [0.05, 0.1) is 17.1 Å². The van der Waals surface area contributed by atoms with Crippen LogP contribution >= 0.6 is 11.3 Å². The number of rotatable bonds is 7. The number of hydrogen-bond acceptors (Lipinski definition) is 5. The van der Waals surface area contributed by atoms with Gasteiger partial charge in [-0.3, -0.25) is 9.48 Å². The Labute approximate surface area is 141 Å². The average Bonchev–Trinajstić information content (AvgIpc) is 3.09. The van der Waals surface area contributed by atoms with Crippen LogP contribution in [0.15, 0.2) is 23.6 Å². The molecular weight excluding hydrogens is 332 g/mol. The Hall–Kier alpha value is -1.47. The van der Waals surface area contributed by atoms with E-state index in [0.29, 0.717) is 6.42 Å². The summed E-state index contributed by atoms with van der Waals surface area (Å²) in [5, 5.41) is 6.38. The van der Waals surface area contributed by atoms with Gasteiger partial charge in [0.15, 0.2) is 15.6 Å².